The van der Waals surface area contributed by atoms with Gasteiger partial charge in [-0.05, 0) is 5.56 Å². The Balaban J connectivity index is 0.00000169. The molecule has 1 aromatic rings. The highest BCUT2D eigenvalue weighted by molar-refractivity contribution is 5.85. The summed E-state index contributed by atoms with van der Waals surface area (Å²) in [6, 6.07) is 10.3. The van der Waals surface area contributed by atoms with Crippen molar-refractivity contribution < 1.29 is 0 Å². The molecule has 0 aliphatic rings. The van der Waals surface area contributed by atoms with E-state index in [4.69, 9.17) is 5.73 Å². The van der Waals surface area contributed by atoms with Crippen molar-refractivity contribution in [1.29, 1.82) is 0 Å². The molecule has 1 rings (SSSR count). The topological polar surface area (TPSA) is 26.0 Å². The van der Waals surface area contributed by atoms with E-state index >= 15 is 0 Å². The van der Waals surface area contributed by atoms with Gasteiger partial charge in [-0.1, -0.05) is 50.3 Å². The highest BCUT2D eigenvalue weighted by atomic mass is 35.5. The second-order valence-corrected chi connectivity index (χ2v) is 3.85. The lowest BCUT2D eigenvalue weighted by molar-refractivity contribution is 0.467. The molecular formula is C12H18ClN. The Kier molecular flexibility index (Phi) is 4.89. The molecular weight excluding hydrogens is 194 g/mol. The van der Waals surface area contributed by atoms with Crippen LogP contribution in [-0.4, -0.2) is 6.04 Å². The van der Waals surface area contributed by atoms with Gasteiger partial charge >= 0.3 is 0 Å². The molecule has 0 aliphatic heterocycles. The molecule has 0 fully saturated rings. The minimum absolute atomic E-state index is 0. The molecule has 0 aliphatic carbocycles. The Bertz CT molecular complexity index is 280. The molecule has 0 bridgehead atoms. The molecule has 14 heavy (non-hydrogen) atoms. The van der Waals surface area contributed by atoms with Gasteiger partial charge in [0.2, 0.25) is 0 Å². The van der Waals surface area contributed by atoms with Crippen molar-refractivity contribution in [2.45, 2.75) is 25.3 Å². The zero-order chi connectivity index (χ0) is 9.90. The molecule has 1 aromatic carbocycles. The fourth-order valence-corrected chi connectivity index (χ4v) is 1.35. The fourth-order valence-electron chi connectivity index (χ4n) is 1.35. The van der Waals surface area contributed by atoms with Crippen LogP contribution in [0.2, 0.25) is 0 Å². The Hall–Kier alpha value is -0.790. The van der Waals surface area contributed by atoms with Gasteiger partial charge in [0, 0.05) is 11.5 Å². The predicted octanol–water partition coefficient (Wildman–Crippen LogP) is 2.90. The summed E-state index contributed by atoms with van der Waals surface area (Å²) in [7, 11) is 0. The van der Waals surface area contributed by atoms with Crippen LogP contribution in [0.4, 0.5) is 0 Å². The van der Waals surface area contributed by atoms with E-state index in [1.807, 2.05) is 18.2 Å². The van der Waals surface area contributed by atoms with Gasteiger partial charge in [-0.2, -0.15) is 0 Å². The van der Waals surface area contributed by atoms with Gasteiger partial charge in [-0.25, -0.2) is 0 Å². The first-order valence-electron chi connectivity index (χ1n) is 4.52. The van der Waals surface area contributed by atoms with E-state index < -0.39 is 0 Å². The number of benzene rings is 1. The van der Waals surface area contributed by atoms with Gasteiger partial charge in [0.05, 0.1) is 0 Å². The molecule has 1 unspecified atom stereocenters. The summed E-state index contributed by atoms with van der Waals surface area (Å²) in [5, 5.41) is 0. The second-order valence-electron chi connectivity index (χ2n) is 3.85. The number of halogens is 1. The third-order valence-corrected chi connectivity index (χ3v) is 2.61. The Morgan fingerprint density at radius 1 is 1.29 bits per heavy atom. The number of hydrogen-bond donors (Lipinski definition) is 1. The Labute approximate surface area is 92.4 Å². The molecule has 0 aromatic heterocycles. The molecule has 0 spiro atoms. The maximum absolute atomic E-state index is 5.96. The van der Waals surface area contributed by atoms with E-state index in [0.29, 0.717) is 0 Å². The van der Waals surface area contributed by atoms with Crippen molar-refractivity contribution in [1.82, 2.24) is 0 Å². The van der Waals surface area contributed by atoms with Crippen molar-refractivity contribution in [3.05, 3.63) is 48.6 Å². The second kappa shape index (κ2) is 5.18. The summed E-state index contributed by atoms with van der Waals surface area (Å²) in [5.41, 5.74) is 7.18. The average molecular weight is 212 g/mol. The van der Waals surface area contributed by atoms with E-state index in [1.54, 1.807) is 6.08 Å². The molecule has 1 nitrogen and oxygen atoms in total. The molecule has 2 N–H and O–H groups in total. The molecule has 2 heteroatoms. The van der Waals surface area contributed by atoms with E-state index in [-0.39, 0.29) is 23.9 Å². The lowest BCUT2D eigenvalue weighted by Gasteiger charge is -2.29. The van der Waals surface area contributed by atoms with Crippen molar-refractivity contribution in [3.8, 4) is 0 Å². The fraction of sp³-hybridized carbons (Fsp3) is 0.333. The van der Waals surface area contributed by atoms with Crippen molar-refractivity contribution >= 4 is 12.4 Å². The summed E-state index contributed by atoms with van der Waals surface area (Å²) in [4.78, 5) is 0. The molecule has 0 amide bonds. The first kappa shape index (κ1) is 13.2. The highest BCUT2D eigenvalue weighted by Crippen LogP contribution is 2.25. The zero-order valence-electron chi connectivity index (χ0n) is 8.73. The summed E-state index contributed by atoms with van der Waals surface area (Å²) in [5.74, 6) is 0. The Morgan fingerprint density at radius 2 is 1.79 bits per heavy atom. The lowest BCUT2D eigenvalue weighted by Crippen LogP contribution is -2.38. The largest absolute Gasteiger partial charge is 0.324 e. The third-order valence-electron chi connectivity index (χ3n) is 2.61. The normalized spacial score (nSPS) is 12.8. The van der Waals surface area contributed by atoms with Gasteiger partial charge in [-0.3, -0.25) is 0 Å². The van der Waals surface area contributed by atoms with Crippen LogP contribution in [0.5, 0.6) is 0 Å². The highest BCUT2D eigenvalue weighted by Gasteiger charge is 2.25. The standard InChI is InChI=1S/C12H17N.ClH/c1-4-11(13)12(2,3)10-8-6-5-7-9-10;/h4-9,11H,1,13H2,2-3H3;1H. The van der Waals surface area contributed by atoms with Gasteiger partial charge in [0.25, 0.3) is 0 Å². The molecule has 0 heterocycles. The van der Waals surface area contributed by atoms with Crippen molar-refractivity contribution in [2.75, 3.05) is 0 Å². The third kappa shape index (κ3) is 2.60. The maximum Gasteiger partial charge on any atom is 0.0314 e. The smallest absolute Gasteiger partial charge is 0.0314 e. The molecule has 0 saturated carbocycles. The maximum atomic E-state index is 5.96. The molecule has 1 atom stereocenters. The lowest BCUT2D eigenvalue weighted by atomic mass is 9.78. The predicted molar refractivity (Wildman–Crippen MR) is 64.9 cm³/mol. The van der Waals surface area contributed by atoms with E-state index in [1.165, 1.54) is 5.56 Å². The first-order valence-corrected chi connectivity index (χ1v) is 4.52. The summed E-state index contributed by atoms with van der Waals surface area (Å²) in [6.07, 6.45) is 1.80. The van der Waals surface area contributed by atoms with Crippen LogP contribution in [0.3, 0.4) is 0 Å². The SMILES string of the molecule is C=CC(N)C(C)(C)c1ccccc1.Cl. The zero-order valence-corrected chi connectivity index (χ0v) is 9.55. The number of hydrogen-bond acceptors (Lipinski definition) is 1. The van der Waals surface area contributed by atoms with Gasteiger partial charge < -0.3 is 5.73 Å². The minimum Gasteiger partial charge on any atom is -0.324 e. The van der Waals surface area contributed by atoms with Crippen LogP contribution in [0.15, 0.2) is 43.0 Å². The van der Waals surface area contributed by atoms with E-state index in [0.717, 1.165) is 0 Å². The van der Waals surface area contributed by atoms with Gasteiger partial charge in [0.15, 0.2) is 0 Å². The van der Waals surface area contributed by atoms with Crippen LogP contribution >= 0.6 is 12.4 Å². The summed E-state index contributed by atoms with van der Waals surface area (Å²) >= 11 is 0. The van der Waals surface area contributed by atoms with Crippen LogP contribution < -0.4 is 5.73 Å². The van der Waals surface area contributed by atoms with E-state index in [2.05, 4.69) is 32.6 Å². The first-order chi connectivity index (χ1) is 6.09. The summed E-state index contributed by atoms with van der Waals surface area (Å²) < 4.78 is 0. The van der Waals surface area contributed by atoms with Crippen molar-refractivity contribution in [2.24, 2.45) is 5.73 Å². The number of nitrogens with two attached hydrogens (primary N) is 1. The minimum atomic E-state index is -0.0387. The summed E-state index contributed by atoms with van der Waals surface area (Å²) in [6.45, 7) is 7.99. The van der Waals surface area contributed by atoms with Gasteiger partial charge in [0.1, 0.15) is 0 Å². The number of rotatable bonds is 3. The van der Waals surface area contributed by atoms with Crippen LogP contribution in [0.25, 0.3) is 0 Å². The quantitative estimate of drug-likeness (QED) is 0.765. The van der Waals surface area contributed by atoms with Crippen LogP contribution in [0, 0.1) is 0 Å². The Morgan fingerprint density at radius 3 is 2.21 bits per heavy atom. The van der Waals surface area contributed by atoms with Crippen LogP contribution in [-0.2, 0) is 5.41 Å². The average Bonchev–Trinajstić information content (AvgIpc) is 2.18. The van der Waals surface area contributed by atoms with Gasteiger partial charge in [-0.15, -0.1) is 19.0 Å². The van der Waals surface area contributed by atoms with Crippen LogP contribution in [0.1, 0.15) is 19.4 Å². The monoisotopic (exact) mass is 211 g/mol. The molecule has 78 valence electrons. The molecule has 0 saturated heterocycles. The molecule has 0 radical (unpaired) electrons. The van der Waals surface area contributed by atoms with Crippen molar-refractivity contribution in [3.63, 3.8) is 0 Å². The van der Waals surface area contributed by atoms with E-state index in [9.17, 15) is 0 Å².